The molecule has 0 saturated heterocycles. The Morgan fingerprint density at radius 1 is 0.538 bits per heavy atom. The average Bonchev–Trinajstić information content (AvgIpc) is 1.80. The van der Waals surface area contributed by atoms with Crippen LogP contribution in [0.15, 0.2) is 0 Å². The van der Waals surface area contributed by atoms with Gasteiger partial charge in [-0.2, -0.15) is 0 Å². The van der Waals surface area contributed by atoms with Gasteiger partial charge in [-0.3, -0.25) is 0 Å². The molecule has 0 aliphatic rings. The standard InChI is InChI=1S/C3H6F6N4/c4-11(5)1-10(2-12(6)7)3-13(8)9/h1-3H2. The summed E-state index contributed by atoms with van der Waals surface area (Å²) in [6.07, 6.45) is 0. The Kier molecular flexibility index (Phi) is 5.70. The zero-order valence-corrected chi connectivity index (χ0v) is 6.18. The monoisotopic (exact) mass is 212 g/mol. The Balaban J connectivity index is 3.87. The van der Waals surface area contributed by atoms with E-state index in [1.807, 2.05) is 0 Å². The molecule has 0 amide bonds. The molecule has 0 fully saturated rings. The molecule has 4 nitrogen and oxygen atoms in total. The zero-order chi connectivity index (χ0) is 10.4. The van der Waals surface area contributed by atoms with Gasteiger partial charge in [0.1, 0.15) is 20.0 Å². The van der Waals surface area contributed by atoms with Gasteiger partial charge in [-0.15, -0.1) is 26.9 Å². The minimum absolute atomic E-state index is 0.125. The van der Waals surface area contributed by atoms with E-state index in [0.29, 0.717) is 0 Å². The van der Waals surface area contributed by atoms with Gasteiger partial charge in [0.05, 0.1) is 0 Å². The molecule has 0 radical (unpaired) electrons. The van der Waals surface area contributed by atoms with Crippen molar-refractivity contribution >= 4 is 0 Å². The highest BCUT2D eigenvalue weighted by Crippen LogP contribution is 2.02. The molecule has 0 spiro atoms. The van der Waals surface area contributed by atoms with Crippen molar-refractivity contribution in [2.24, 2.45) is 0 Å². The minimum Gasteiger partial charge on any atom is -0.250 e. The molecule has 0 aromatic rings. The van der Waals surface area contributed by atoms with Crippen LogP contribution in [0.25, 0.3) is 0 Å². The predicted octanol–water partition coefficient (Wildman–Crippen LogP) is 1.37. The first-order valence-electron chi connectivity index (χ1n) is 2.91. The second-order valence-corrected chi connectivity index (χ2v) is 2.00. The molecule has 0 N–H and O–H groups in total. The lowest BCUT2D eigenvalue weighted by Crippen LogP contribution is -2.39. The fourth-order valence-corrected chi connectivity index (χ4v) is 0.588. The molecule has 0 heterocycles. The van der Waals surface area contributed by atoms with Crippen LogP contribution in [0.1, 0.15) is 0 Å². The van der Waals surface area contributed by atoms with Crippen LogP contribution in [-0.4, -0.2) is 40.9 Å². The first kappa shape index (κ1) is 12.4. The quantitative estimate of drug-likeness (QED) is 0.374. The summed E-state index contributed by atoms with van der Waals surface area (Å²) in [6, 6.07) is 0. The number of rotatable bonds is 6. The van der Waals surface area contributed by atoms with Crippen LogP contribution < -0.4 is 0 Å². The lowest BCUT2D eigenvalue weighted by atomic mass is 10.8. The number of hydrogen-bond donors (Lipinski definition) is 0. The second-order valence-electron chi connectivity index (χ2n) is 2.00. The van der Waals surface area contributed by atoms with Gasteiger partial charge < -0.3 is 0 Å². The van der Waals surface area contributed by atoms with Crippen LogP contribution in [0, 0.1) is 0 Å². The Labute approximate surface area is 69.1 Å². The SMILES string of the molecule is FN(F)CN(CN(F)F)CN(F)F. The predicted molar refractivity (Wildman–Crippen MR) is 28.6 cm³/mol. The van der Waals surface area contributed by atoms with Crippen molar-refractivity contribution in [2.75, 3.05) is 20.0 Å². The topological polar surface area (TPSA) is 13.0 Å². The fraction of sp³-hybridized carbons (Fsp3) is 1.00. The van der Waals surface area contributed by atoms with E-state index in [2.05, 4.69) is 0 Å². The Bertz CT molecular complexity index is 107. The highest BCUT2D eigenvalue weighted by atomic mass is 19.4. The van der Waals surface area contributed by atoms with Gasteiger partial charge in [0.2, 0.25) is 0 Å². The van der Waals surface area contributed by atoms with Crippen LogP contribution in [0.5, 0.6) is 0 Å². The maximum absolute atomic E-state index is 11.5. The van der Waals surface area contributed by atoms with Crippen molar-refractivity contribution in [3.63, 3.8) is 0 Å². The molecule has 0 bridgehead atoms. The van der Waals surface area contributed by atoms with Gasteiger partial charge in [-0.25, -0.2) is 4.90 Å². The molecule has 10 heteroatoms. The molecule has 0 aromatic heterocycles. The molecule has 0 aromatic carbocycles. The van der Waals surface area contributed by atoms with E-state index in [1.165, 1.54) is 0 Å². The maximum Gasteiger partial charge on any atom is 0.116 e. The maximum atomic E-state index is 11.5. The van der Waals surface area contributed by atoms with E-state index in [0.717, 1.165) is 0 Å². The summed E-state index contributed by atoms with van der Waals surface area (Å²) in [4.78, 5) is 0.125. The van der Waals surface area contributed by atoms with Gasteiger partial charge >= 0.3 is 0 Å². The molecule has 0 rings (SSSR count). The van der Waals surface area contributed by atoms with Gasteiger partial charge in [-0.1, -0.05) is 0 Å². The van der Waals surface area contributed by atoms with Crippen molar-refractivity contribution in [3.8, 4) is 0 Å². The number of nitrogens with zero attached hydrogens (tertiary/aromatic N) is 4. The average molecular weight is 212 g/mol. The number of hydrogen-bond acceptors (Lipinski definition) is 4. The van der Waals surface area contributed by atoms with Crippen molar-refractivity contribution in [2.45, 2.75) is 0 Å². The molecular weight excluding hydrogens is 206 g/mol. The Morgan fingerprint density at radius 2 is 0.769 bits per heavy atom. The van der Waals surface area contributed by atoms with E-state index < -0.39 is 36.0 Å². The van der Waals surface area contributed by atoms with Crippen molar-refractivity contribution in [1.29, 1.82) is 0 Å². The van der Waals surface area contributed by atoms with E-state index >= 15 is 0 Å². The van der Waals surface area contributed by atoms with Crippen molar-refractivity contribution < 1.29 is 26.9 Å². The zero-order valence-electron chi connectivity index (χ0n) is 6.18. The molecule has 0 unspecified atom stereocenters. The minimum atomic E-state index is -1.48. The summed E-state index contributed by atoms with van der Waals surface area (Å²) in [7, 11) is 0. The lowest BCUT2D eigenvalue weighted by molar-refractivity contribution is -0.256. The van der Waals surface area contributed by atoms with Crippen molar-refractivity contribution in [1.82, 2.24) is 20.9 Å². The molecule has 0 saturated carbocycles. The third kappa shape index (κ3) is 7.77. The van der Waals surface area contributed by atoms with Gasteiger partial charge in [0.25, 0.3) is 0 Å². The van der Waals surface area contributed by atoms with E-state index in [4.69, 9.17) is 0 Å². The van der Waals surface area contributed by atoms with Crippen LogP contribution >= 0.6 is 0 Å². The van der Waals surface area contributed by atoms with E-state index in [9.17, 15) is 26.9 Å². The summed E-state index contributed by atoms with van der Waals surface area (Å²) in [5.41, 5.74) is 0. The molecular formula is C3H6F6N4. The third-order valence-corrected chi connectivity index (χ3v) is 0.921. The summed E-state index contributed by atoms with van der Waals surface area (Å²) >= 11 is 0. The number of halogens is 6. The van der Waals surface area contributed by atoms with E-state index in [-0.39, 0.29) is 4.90 Å². The summed E-state index contributed by atoms with van der Waals surface area (Å²) in [6.45, 7) is -3.89. The summed E-state index contributed by atoms with van der Waals surface area (Å²) in [5, 5.41) is -4.44. The van der Waals surface area contributed by atoms with E-state index in [1.54, 1.807) is 0 Å². The highest BCUT2D eigenvalue weighted by molar-refractivity contribution is 4.43. The van der Waals surface area contributed by atoms with Crippen LogP contribution in [0.4, 0.5) is 26.9 Å². The Morgan fingerprint density at radius 3 is 0.923 bits per heavy atom. The first-order valence-corrected chi connectivity index (χ1v) is 2.91. The third-order valence-electron chi connectivity index (χ3n) is 0.921. The molecule has 0 atom stereocenters. The Hall–Kier alpha value is -0.580. The highest BCUT2D eigenvalue weighted by Gasteiger charge is 2.17. The van der Waals surface area contributed by atoms with Crippen LogP contribution in [0.3, 0.4) is 0 Å². The lowest BCUT2D eigenvalue weighted by Gasteiger charge is -2.20. The molecule has 0 aliphatic heterocycles. The van der Waals surface area contributed by atoms with Crippen molar-refractivity contribution in [3.05, 3.63) is 0 Å². The normalized spacial score (nSPS) is 12.5. The van der Waals surface area contributed by atoms with Gasteiger partial charge in [0.15, 0.2) is 0 Å². The summed E-state index contributed by atoms with van der Waals surface area (Å²) in [5.74, 6) is 0. The van der Waals surface area contributed by atoms with Gasteiger partial charge in [-0.05, 0) is 0 Å². The van der Waals surface area contributed by atoms with Crippen LogP contribution in [0.2, 0.25) is 0 Å². The molecule has 0 aliphatic carbocycles. The van der Waals surface area contributed by atoms with Crippen LogP contribution in [-0.2, 0) is 0 Å². The largest absolute Gasteiger partial charge is 0.250 e. The molecule has 13 heavy (non-hydrogen) atoms. The second kappa shape index (κ2) is 5.96. The first-order chi connectivity index (χ1) is 5.91. The molecule has 80 valence electrons. The smallest absolute Gasteiger partial charge is 0.116 e. The van der Waals surface area contributed by atoms with Gasteiger partial charge in [0, 0.05) is 16.0 Å². The fourth-order valence-electron chi connectivity index (χ4n) is 0.588. The summed E-state index contributed by atoms with van der Waals surface area (Å²) < 4.78 is 68.7.